The standard InChI is InChI=1S/C18H28N2O2.2C2HF3O2/c1-19(2)16-12-18(22-14-16)8-10-20(11-9-18)13-15-4-6-17(21-3)7-5-15;2*3-2(4,5)1(6)7/h4-7,16H,8-14H2,1-3H3;2*(H,6,7). The Labute approximate surface area is 204 Å². The molecule has 3 rings (SSSR count). The van der Waals surface area contributed by atoms with Crippen molar-refractivity contribution < 1.29 is 55.6 Å². The van der Waals surface area contributed by atoms with Gasteiger partial charge in [-0.25, -0.2) is 9.59 Å². The van der Waals surface area contributed by atoms with Crippen LogP contribution in [0.5, 0.6) is 5.75 Å². The van der Waals surface area contributed by atoms with Crippen molar-refractivity contribution in [3.8, 4) is 5.75 Å². The van der Waals surface area contributed by atoms with Gasteiger partial charge in [0.05, 0.1) is 19.3 Å². The van der Waals surface area contributed by atoms with Crippen molar-refractivity contribution in [1.29, 1.82) is 0 Å². The van der Waals surface area contributed by atoms with Crippen LogP contribution in [0.1, 0.15) is 24.8 Å². The van der Waals surface area contributed by atoms with Crippen molar-refractivity contribution in [3.05, 3.63) is 29.8 Å². The molecular formula is C22H30F6N2O6. The molecule has 1 aromatic carbocycles. The molecular weight excluding hydrogens is 502 g/mol. The van der Waals surface area contributed by atoms with Crippen LogP contribution in [0.4, 0.5) is 26.3 Å². The molecule has 8 nitrogen and oxygen atoms in total. The van der Waals surface area contributed by atoms with Gasteiger partial charge in [0.2, 0.25) is 0 Å². The number of likely N-dealkylation sites (N-methyl/N-ethyl adjacent to an activating group) is 1. The third kappa shape index (κ3) is 10.6. The number of likely N-dealkylation sites (tertiary alicyclic amines) is 1. The zero-order chi connectivity index (χ0) is 27.7. The molecule has 2 aliphatic rings. The zero-order valence-corrected chi connectivity index (χ0v) is 20.0. The van der Waals surface area contributed by atoms with E-state index >= 15 is 0 Å². The van der Waals surface area contributed by atoms with E-state index in [1.165, 1.54) is 12.0 Å². The lowest BCUT2D eigenvalue weighted by Gasteiger charge is -2.39. The van der Waals surface area contributed by atoms with Gasteiger partial charge in [0.1, 0.15) is 5.75 Å². The quantitative estimate of drug-likeness (QED) is 0.568. The number of benzene rings is 1. The highest BCUT2D eigenvalue weighted by atomic mass is 19.4. The number of alkyl halides is 6. The predicted octanol–water partition coefficient (Wildman–Crippen LogP) is 3.65. The molecule has 2 aliphatic heterocycles. The predicted molar refractivity (Wildman–Crippen MR) is 116 cm³/mol. The Morgan fingerprint density at radius 3 is 1.81 bits per heavy atom. The van der Waals surface area contributed by atoms with Gasteiger partial charge in [-0.1, -0.05) is 12.1 Å². The molecule has 1 spiro atoms. The fraction of sp³-hybridized carbons (Fsp3) is 0.636. The summed E-state index contributed by atoms with van der Waals surface area (Å²) in [4.78, 5) is 22.6. The molecule has 0 bridgehead atoms. The maximum atomic E-state index is 10.6. The molecule has 1 unspecified atom stereocenters. The lowest BCUT2D eigenvalue weighted by atomic mass is 9.87. The van der Waals surface area contributed by atoms with E-state index in [1.807, 2.05) is 12.1 Å². The first kappa shape index (κ1) is 31.4. The number of carbonyl (C=O) groups is 2. The second-order valence-electron chi connectivity index (χ2n) is 8.55. The second kappa shape index (κ2) is 13.1. The molecule has 2 saturated heterocycles. The smallest absolute Gasteiger partial charge is 0.490 e. The van der Waals surface area contributed by atoms with Crippen LogP contribution < -0.4 is 4.74 Å². The number of methoxy groups -OCH3 is 1. The van der Waals surface area contributed by atoms with E-state index in [2.05, 4.69) is 36.0 Å². The topological polar surface area (TPSA) is 99.5 Å². The summed E-state index contributed by atoms with van der Waals surface area (Å²) in [5.41, 5.74) is 1.50. The summed E-state index contributed by atoms with van der Waals surface area (Å²) in [6.07, 6.45) is -6.66. The number of carboxylic acid groups (broad SMARTS) is 2. The molecule has 2 N–H and O–H groups in total. The van der Waals surface area contributed by atoms with Gasteiger partial charge in [-0.2, -0.15) is 26.3 Å². The molecule has 0 aromatic heterocycles. The van der Waals surface area contributed by atoms with E-state index < -0.39 is 24.3 Å². The molecule has 1 aromatic rings. The Morgan fingerprint density at radius 2 is 1.47 bits per heavy atom. The van der Waals surface area contributed by atoms with Gasteiger partial charge < -0.3 is 24.6 Å². The number of aliphatic carboxylic acids is 2. The van der Waals surface area contributed by atoms with Gasteiger partial charge in [-0.05, 0) is 51.1 Å². The summed E-state index contributed by atoms with van der Waals surface area (Å²) in [5.74, 6) is -4.59. The second-order valence-corrected chi connectivity index (χ2v) is 8.55. The first-order valence-corrected chi connectivity index (χ1v) is 10.7. The molecule has 0 radical (unpaired) electrons. The van der Waals surface area contributed by atoms with E-state index in [0.29, 0.717) is 6.04 Å². The van der Waals surface area contributed by atoms with E-state index in [4.69, 9.17) is 29.3 Å². The minimum absolute atomic E-state index is 0.144. The van der Waals surface area contributed by atoms with Crippen LogP contribution >= 0.6 is 0 Å². The van der Waals surface area contributed by atoms with Crippen LogP contribution in [-0.2, 0) is 20.9 Å². The highest BCUT2D eigenvalue weighted by Crippen LogP contribution is 2.37. The van der Waals surface area contributed by atoms with Crippen LogP contribution in [-0.4, -0.2) is 96.8 Å². The number of halogens is 6. The molecule has 1 atom stereocenters. The average molecular weight is 532 g/mol. The summed E-state index contributed by atoms with van der Waals surface area (Å²) in [6, 6.07) is 9.01. The van der Waals surface area contributed by atoms with Crippen LogP contribution in [0.15, 0.2) is 24.3 Å². The van der Waals surface area contributed by atoms with Crippen molar-refractivity contribution in [3.63, 3.8) is 0 Å². The van der Waals surface area contributed by atoms with Gasteiger partial charge in [0, 0.05) is 25.7 Å². The van der Waals surface area contributed by atoms with Crippen LogP contribution in [0.2, 0.25) is 0 Å². The maximum Gasteiger partial charge on any atom is 0.490 e. The molecule has 0 amide bonds. The maximum absolute atomic E-state index is 10.6. The third-order valence-corrected chi connectivity index (χ3v) is 5.74. The highest BCUT2D eigenvalue weighted by Gasteiger charge is 2.43. The Bertz CT molecular complexity index is 813. The van der Waals surface area contributed by atoms with Gasteiger partial charge in [-0.15, -0.1) is 0 Å². The number of ether oxygens (including phenoxy) is 2. The van der Waals surface area contributed by atoms with Crippen LogP contribution in [0.3, 0.4) is 0 Å². The van der Waals surface area contributed by atoms with E-state index in [1.54, 1.807) is 7.11 Å². The number of rotatable bonds is 4. The Hall–Kier alpha value is -2.58. The Kier molecular flexibility index (Phi) is 11.4. The fourth-order valence-corrected chi connectivity index (χ4v) is 3.61. The highest BCUT2D eigenvalue weighted by molar-refractivity contribution is 5.73. The summed E-state index contributed by atoms with van der Waals surface area (Å²) < 4.78 is 74.9. The van der Waals surface area contributed by atoms with Crippen LogP contribution in [0.25, 0.3) is 0 Å². The number of hydrogen-bond donors (Lipinski definition) is 2. The molecule has 0 saturated carbocycles. The Morgan fingerprint density at radius 1 is 1.03 bits per heavy atom. The van der Waals surface area contributed by atoms with Crippen molar-refractivity contribution >= 4 is 11.9 Å². The van der Waals surface area contributed by atoms with Crippen LogP contribution in [0, 0.1) is 0 Å². The Balaban J connectivity index is 0.000000383. The zero-order valence-electron chi connectivity index (χ0n) is 20.0. The molecule has 2 heterocycles. The van der Waals surface area contributed by atoms with Crippen molar-refractivity contribution in [2.24, 2.45) is 0 Å². The summed E-state index contributed by atoms with van der Waals surface area (Å²) in [6.45, 7) is 4.18. The lowest BCUT2D eigenvalue weighted by molar-refractivity contribution is -0.193. The largest absolute Gasteiger partial charge is 0.497 e. The minimum Gasteiger partial charge on any atom is -0.497 e. The molecule has 0 aliphatic carbocycles. The van der Waals surface area contributed by atoms with E-state index in [0.717, 1.165) is 44.8 Å². The van der Waals surface area contributed by atoms with Gasteiger partial charge in [0.25, 0.3) is 0 Å². The average Bonchev–Trinajstić information content (AvgIpc) is 3.20. The van der Waals surface area contributed by atoms with E-state index in [-0.39, 0.29) is 5.60 Å². The van der Waals surface area contributed by atoms with Gasteiger partial charge >= 0.3 is 24.3 Å². The van der Waals surface area contributed by atoms with E-state index in [9.17, 15) is 26.3 Å². The molecule has 36 heavy (non-hydrogen) atoms. The van der Waals surface area contributed by atoms with Gasteiger partial charge in [0.15, 0.2) is 0 Å². The number of piperidine rings is 1. The SMILES string of the molecule is COc1ccc(CN2CCC3(CC2)CC(N(C)C)CO3)cc1.O=C(O)C(F)(F)F.O=C(O)C(F)(F)F. The lowest BCUT2D eigenvalue weighted by Crippen LogP contribution is -2.44. The summed E-state index contributed by atoms with van der Waals surface area (Å²) in [7, 11) is 6.03. The van der Waals surface area contributed by atoms with Crippen molar-refractivity contribution in [1.82, 2.24) is 9.80 Å². The molecule has 14 heteroatoms. The van der Waals surface area contributed by atoms with Crippen molar-refractivity contribution in [2.75, 3.05) is 40.9 Å². The minimum atomic E-state index is -5.08. The monoisotopic (exact) mass is 532 g/mol. The number of carboxylic acids is 2. The number of nitrogens with zero attached hydrogens (tertiary/aromatic N) is 2. The normalized spacial score (nSPS) is 19.7. The third-order valence-electron chi connectivity index (χ3n) is 5.74. The number of hydrogen-bond acceptors (Lipinski definition) is 6. The van der Waals surface area contributed by atoms with Gasteiger partial charge in [-0.3, -0.25) is 4.90 Å². The molecule has 2 fully saturated rings. The summed E-state index contributed by atoms with van der Waals surface area (Å²) >= 11 is 0. The first-order chi connectivity index (χ1) is 16.5. The molecule has 206 valence electrons. The summed E-state index contributed by atoms with van der Waals surface area (Å²) in [5, 5.41) is 14.2. The van der Waals surface area contributed by atoms with Crippen molar-refractivity contribution in [2.45, 2.75) is 49.8 Å². The fourth-order valence-electron chi connectivity index (χ4n) is 3.61. The first-order valence-electron chi connectivity index (χ1n) is 10.7.